The van der Waals surface area contributed by atoms with Gasteiger partial charge in [-0.2, -0.15) is 0 Å². The van der Waals surface area contributed by atoms with Gasteiger partial charge in [-0.3, -0.25) is 13.9 Å². The van der Waals surface area contributed by atoms with Gasteiger partial charge in [0.1, 0.15) is 12.6 Å². The van der Waals surface area contributed by atoms with Gasteiger partial charge in [0.25, 0.3) is 10.0 Å². The number of amides is 2. The van der Waals surface area contributed by atoms with Crippen molar-refractivity contribution in [2.45, 2.75) is 43.7 Å². The van der Waals surface area contributed by atoms with Crippen LogP contribution in [0.4, 0.5) is 5.69 Å². The zero-order valence-electron chi connectivity index (χ0n) is 26.8. The van der Waals surface area contributed by atoms with Crippen LogP contribution >= 0.6 is 11.6 Å². The number of ether oxygens (including phenoxy) is 2. The zero-order valence-corrected chi connectivity index (χ0v) is 28.3. The Labute approximate surface area is 282 Å². The zero-order chi connectivity index (χ0) is 33.8. The molecule has 4 rings (SSSR count). The first-order chi connectivity index (χ1) is 22.7. The van der Waals surface area contributed by atoms with Crippen LogP contribution < -0.4 is 19.1 Å². The fourth-order valence-electron chi connectivity index (χ4n) is 5.10. The molecule has 248 valence electrons. The molecule has 0 aromatic heterocycles. The van der Waals surface area contributed by atoms with E-state index in [-0.39, 0.29) is 35.2 Å². The summed E-state index contributed by atoms with van der Waals surface area (Å²) in [5.74, 6) is -0.335. The maximum atomic E-state index is 14.6. The van der Waals surface area contributed by atoms with Gasteiger partial charge in [-0.15, -0.1) is 0 Å². The lowest BCUT2D eigenvalue weighted by Gasteiger charge is -2.34. The Morgan fingerprint density at radius 2 is 1.49 bits per heavy atom. The molecule has 11 heteroatoms. The first-order valence-electron chi connectivity index (χ1n) is 15.3. The monoisotopic (exact) mass is 677 g/mol. The summed E-state index contributed by atoms with van der Waals surface area (Å²) in [6.07, 6.45) is 1.86. The lowest BCUT2D eigenvalue weighted by molar-refractivity contribution is -0.140. The number of nitrogens with zero attached hydrogens (tertiary/aromatic N) is 2. The third kappa shape index (κ3) is 9.05. The maximum Gasteiger partial charge on any atom is 0.264 e. The molecule has 1 atom stereocenters. The average molecular weight is 678 g/mol. The molecule has 0 unspecified atom stereocenters. The Balaban J connectivity index is 1.80. The lowest BCUT2D eigenvalue weighted by Crippen LogP contribution is -2.53. The summed E-state index contributed by atoms with van der Waals surface area (Å²) in [6.45, 7) is 1.87. The molecule has 47 heavy (non-hydrogen) atoms. The number of nitrogens with one attached hydrogen (secondary N) is 1. The Kier molecular flexibility index (Phi) is 12.7. The third-order valence-electron chi connectivity index (χ3n) is 7.67. The summed E-state index contributed by atoms with van der Waals surface area (Å²) in [5, 5.41) is 3.40. The van der Waals surface area contributed by atoms with Crippen LogP contribution in [-0.4, -0.2) is 58.5 Å². The van der Waals surface area contributed by atoms with Crippen molar-refractivity contribution >= 4 is 39.1 Å². The number of unbranched alkanes of at least 4 members (excludes halogenated alkanes) is 1. The molecule has 0 saturated carbocycles. The number of anilines is 1. The highest BCUT2D eigenvalue weighted by Crippen LogP contribution is 2.32. The highest BCUT2D eigenvalue weighted by molar-refractivity contribution is 7.92. The molecule has 1 N–H and O–H groups in total. The summed E-state index contributed by atoms with van der Waals surface area (Å²) >= 11 is 6.56. The van der Waals surface area contributed by atoms with Gasteiger partial charge in [-0.05, 0) is 47.9 Å². The smallest absolute Gasteiger partial charge is 0.264 e. The number of methoxy groups -OCH3 is 2. The van der Waals surface area contributed by atoms with Gasteiger partial charge in [0, 0.05) is 30.6 Å². The van der Waals surface area contributed by atoms with Crippen molar-refractivity contribution in [3.8, 4) is 11.5 Å². The molecule has 0 heterocycles. The number of sulfonamides is 1. The van der Waals surface area contributed by atoms with Crippen LogP contribution in [0.5, 0.6) is 11.5 Å². The molecule has 9 nitrogen and oxygen atoms in total. The van der Waals surface area contributed by atoms with Gasteiger partial charge in [-0.25, -0.2) is 8.42 Å². The van der Waals surface area contributed by atoms with Gasteiger partial charge in [0.05, 0.1) is 24.8 Å². The molecule has 0 spiro atoms. The Morgan fingerprint density at radius 1 is 0.851 bits per heavy atom. The van der Waals surface area contributed by atoms with Gasteiger partial charge in [-0.1, -0.05) is 91.7 Å². The fourth-order valence-corrected chi connectivity index (χ4v) is 6.72. The van der Waals surface area contributed by atoms with E-state index in [1.54, 1.807) is 54.6 Å². The van der Waals surface area contributed by atoms with E-state index in [4.69, 9.17) is 21.1 Å². The molecule has 0 saturated heterocycles. The number of para-hydroxylation sites is 1. The summed E-state index contributed by atoms with van der Waals surface area (Å²) < 4.78 is 40.3. The normalized spacial score (nSPS) is 11.7. The van der Waals surface area contributed by atoms with Crippen molar-refractivity contribution in [3.63, 3.8) is 0 Å². The van der Waals surface area contributed by atoms with Crippen LogP contribution in [0.1, 0.15) is 30.9 Å². The Bertz CT molecular complexity index is 1740. The molecule has 2 amide bonds. The van der Waals surface area contributed by atoms with Crippen LogP contribution in [0.3, 0.4) is 0 Å². The van der Waals surface area contributed by atoms with Crippen molar-refractivity contribution in [2.75, 3.05) is 31.6 Å². The molecule has 4 aromatic carbocycles. The van der Waals surface area contributed by atoms with Gasteiger partial charge < -0.3 is 19.7 Å². The summed E-state index contributed by atoms with van der Waals surface area (Å²) in [4.78, 5) is 29.7. The second kappa shape index (κ2) is 16.9. The van der Waals surface area contributed by atoms with Crippen LogP contribution in [0, 0.1) is 0 Å². The Morgan fingerprint density at radius 3 is 2.13 bits per heavy atom. The predicted molar refractivity (Wildman–Crippen MR) is 184 cm³/mol. The van der Waals surface area contributed by atoms with Crippen LogP contribution in [0.25, 0.3) is 0 Å². The number of carbonyl (C=O) groups excluding carboxylic acids is 2. The minimum atomic E-state index is -4.32. The molecular formula is C36H40ClN3O6S. The summed E-state index contributed by atoms with van der Waals surface area (Å²) in [5.41, 5.74) is 1.74. The SMILES string of the molecule is CCCCNC(=O)[C@H](Cc1ccccc1)N(Cc1ccccc1Cl)C(=O)CN(c1ccccc1)S(=O)(=O)c1ccc(OC)c(OC)c1. The minimum Gasteiger partial charge on any atom is -0.493 e. The highest BCUT2D eigenvalue weighted by atomic mass is 35.5. The van der Waals surface area contributed by atoms with Gasteiger partial charge in [0.15, 0.2) is 11.5 Å². The number of hydrogen-bond acceptors (Lipinski definition) is 6. The molecule has 4 aromatic rings. The molecule has 0 aliphatic heterocycles. The van der Waals surface area contributed by atoms with Crippen LogP contribution in [-0.2, 0) is 32.6 Å². The maximum absolute atomic E-state index is 14.6. The van der Waals surface area contributed by atoms with Crippen molar-refractivity contribution in [3.05, 3.63) is 119 Å². The molecule has 0 radical (unpaired) electrons. The molecule has 0 bridgehead atoms. The van der Waals surface area contributed by atoms with Crippen molar-refractivity contribution < 1.29 is 27.5 Å². The number of rotatable bonds is 16. The predicted octanol–water partition coefficient (Wildman–Crippen LogP) is 6.11. The van der Waals surface area contributed by atoms with E-state index in [1.807, 2.05) is 37.3 Å². The van der Waals surface area contributed by atoms with E-state index in [0.29, 0.717) is 22.9 Å². The highest BCUT2D eigenvalue weighted by Gasteiger charge is 2.35. The quantitative estimate of drug-likeness (QED) is 0.144. The van der Waals surface area contributed by atoms with E-state index in [1.165, 1.54) is 37.3 Å². The third-order valence-corrected chi connectivity index (χ3v) is 9.80. The fraction of sp³-hybridized carbons (Fsp3) is 0.278. The van der Waals surface area contributed by atoms with E-state index in [2.05, 4.69) is 5.32 Å². The van der Waals surface area contributed by atoms with Crippen molar-refractivity contribution in [2.24, 2.45) is 0 Å². The molecule has 0 fully saturated rings. The second-order valence-corrected chi connectivity index (χ2v) is 13.1. The molecule has 0 aliphatic carbocycles. The van der Waals surface area contributed by atoms with Gasteiger partial charge >= 0.3 is 0 Å². The van der Waals surface area contributed by atoms with Gasteiger partial charge in [0.2, 0.25) is 11.8 Å². The van der Waals surface area contributed by atoms with Crippen molar-refractivity contribution in [1.29, 1.82) is 0 Å². The first-order valence-corrected chi connectivity index (χ1v) is 17.2. The number of halogens is 1. The van der Waals surface area contributed by atoms with E-state index < -0.39 is 28.5 Å². The van der Waals surface area contributed by atoms with Crippen LogP contribution in [0.2, 0.25) is 5.02 Å². The standard InChI is InChI=1S/C36H40ClN3O6S/c1-4-5-22-38-36(42)32(23-27-14-8-6-9-15-27)39(25-28-16-12-13-19-31(28)37)35(41)26-40(29-17-10-7-11-18-29)47(43,44)30-20-21-33(45-2)34(24-30)46-3/h6-21,24,32H,4-5,22-23,25-26H2,1-3H3,(H,38,42)/t32-/m0/s1. The van der Waals surface area contributed by atoms with E-state index >= 15 is 0 Å². The van der Waals surface area contributed by atoms with E-state index in [9.17, 15) is 18.0 Å². The number of hydrogen-bond donors (Lipinski definition) is 1. The Hall–Kier alpha value is -4.54. The molecule has 0 aliphatic rings. The average Bonchev–Trinajstić information content (AvgIpc) is 3.09. The minimum absolute atomic E-state index is 0.0176. The topological polar surface area (TPSA) is 105 Å². The first kappa shape index (κ1) is 35.3. The summed E-state index contributed by atoms with van der Waals surface area (Å²) in [7, 11) is -1.45. The number of benzene rings is 4. The van der Waals surface area contributed by atoms with E-state index in [0.717, 1.165) is 22.7 Å². The lowest BCUT2D eigenvalue weighted by atomic mass is 10.0. The summed E-state index contributed by atoms with van der Waals surface area (Å²) in [6, 6.07) is 28.1. The number of carbonyl (C=O) groups is 2. The molecular weight excluding hydrogens is 638 g/mol. The second-order valence-electron chi connectivity index (χ2n) is 10.8. The largest absolute Gasteiger partial charge is 0.493 e. The van der Waals surface area contributed by atoms with Crippen LogP contribution in [0.15, 0.2) is 108 Å². The van der Waals surface area contributed by atoms with Crippen molar-refractivity contribution in [1.82, 2.24) is 10.2 Å².